The molecule has 4 aliphatic rings. The second-order valence-electron chi connectivity index (χ2n) is 24.5. The summed E-state index contributed by atoms with van der Waals surface area (Å²) in [6, 6.07) is 29.5. The van der Waals surface area contributed by atoms with Crippen LogP contribution in [0.5, 0.6) is 46.0 Å². The van der Waals surface area contributed by atoms with Crippen LogP contribution >= 0.6 is 11.6 Å². The first-order valence-corrected chi connectivity index (χ1v) is 33.6. The molecule has 12 rings (SSSR count). The van der Waals surface area contributed by atoms with Crippen molar-refractivity contribution in [3.63, 3.8) is 0 Å². The van der Waals surface area contributed by atoms with Crippen LogP contribution in [0.25, 0.3) is 0 Å². The Kier molecular flexibility index (Phi) is 27.2. The Hall–Kier alpha value is -13.3. The van der Waals surface area contributed by atoms with Crippen LogP contribution in [0.3, 0.4) is 0 Å². The smallest absolute Gasteiger partial charge is 0.416 e. The van der Waals surface area contributed by atoms with Crippen LogP contribution < -0.4 is 40.2 Å². The molecule has 0 bridgehead atoms. The minimum Gasteiger partial charge on any atom is -0.457 e. The molecule has 0 saturated carbocycles. The van der Waals surface area contributed by atoms with Crippen LogP contribution in [0.2, 0.25) is 5.02 Å². The first-order chi connectivity index (χ1) is 53.7. The maximum Gasteiger partial charge on any atom is 0.416 e. The van der Waals surface area contributed by atoms with E-state index < -0.39 is 111 Å². The number of nitrogens with one attached hydrogen (secondary N) is 4. The molecule has 32 heteroatoms. The van der Waals surface area contributed by atoms with E-state index in [1.54, 1.807) is 67.6 Å². The average Bonchev–Trinajstić information content (AvgIpc) is 0.801. The van der Waals surface area contributed by atoms with Gasteiger partial charge in [0, 0.05) is 72.8 Å². The van der Waals surface area contributed by atoms with Gasteiger partial charge in [0.15, 0.2) is 40.5 Å². The van der Waals surface area contributed by atoms with Crippen LogP contribution in [0.4, 0.5) is 65.9 Å². The number of allylic oxidation sites excluding steroid dienone is 12. The second kappa shape index (κ2) is 36.7. The van der Waals surface area contributed by atoms with E-state index in [-0.39, 0.29) is 111 Å². The molecule has 588 valence electrons. The third kappa shape index (κ3) is 23.9. The molecular formula is C82H56ClF15N4O12. The number of para-hydroxylation sites is 2. The van der Waals surface area contributed by atoms with Crippen molar-refractivity contribution in [1.82, 2.24) is 21.3 Å². The molecule has 0 fully saturated rings. The van der Waals surface area contributed by atoms with Crippen LogP contribution in [0, 0.1) is 31.3 Å². The summed E-state index contributed by atoms with van der Waals surface area (Å²) in [5, 5.41) is 9.42. The zero-order chi connectivity index (χ0) is 83.0. The topological polar surface area (TPSA) is 222 Å². The number of hydrogen-bond acceptors (Lipinski definition) is 12. The lowest BCUT2D eigenvalue weighted by molar-refractivity contribution is -0.138. The first-order valence-electron chi connectivity index (χ1n) is 33.2. The lowest BCUT2D eigenvalue weighted by Gasteiger charge is -2.16. The first kappa shape index (κ1) is 84.7. The number of halogens is 16. The predicted molar refractivity (Wildman–Crippen MR) is 383 cm³/mol. The van der Waals surface area contributed by atoms with Gasteiger partial charge in [-0.25, -0.2) is 13.2 Å². The fourth-order valence-electron chi connectivity index (χ4n) is 10.2. The molecule has 0 heterocycles. The standard InChI is InChI=1S/2C21H16F3NO3.C20H12ClF4NO3.C20H12F5NO3/c1-13-5-2-3-8-18(13)28-19-10-9-14(21(22,23)24)11-17(19)20(27)25-15-6-4-7-16(26)12-15;1-13-5-8-17(9-6-13)28-19-10-7-14(21(22,23)24)11-18(19)20(27)25-15-3-2-4-16(26)12-15;21-16-9-12(22)5-7-18(16)29-17-6-4-11(20(23,24)25)8-15(17)19(28)26-13-2-1-3-14(27)10-13;21-15-5-2-6-16(22)18(15)29-17-8-7-11(20(23,24)25)9-14(17)19(28)26-12-3-1-4-13(27)10-12/h2-6,8-12H,7H2,1H3,(H,25,27);2-3,5-12H,4H2,1H3,(H,25,27);1-2,4-10H,3H2,(H,26,28);1-3,5-10H,4H2,(H,26,28). The Morgan fingerprint density at radius 2 is 0.667 bits per heavy atom. The normalized spacial score (nSPS) is 13.8. The van der Waals surface area contributed by atoms with Gasteiger partial charge in [-0.1, -0.05) is 77.9 Å². The maximum atomic E-state index is 13.9. The fraction of sp³-hybridized carbons (Fsp3) is 0.122. The lowest BCUT2D eigenvalue weighted by Crippen LogP contribution is -2.24. The Labute approximate surface area is 641 Å². The SMILES string of the molecule is Cc1ccc(Oc2ccc(C(F)(F)F)cc2C(=O)NC2=CC(=O)CC=C2)cc1.Cc1ccccc1Oc1ccc(C(F)(F)F)cc1C(=O)NC1=CC(=O)CC=C1.O=C1C=C(NC(=O)c2cc(C(F)(F)F)ccc2Oc2c(F)cccc2F)C=CC1.O=C1C=C(NC(=O)c2cc(C(F)(F)F)ccc2Oc2ccc(F)cc2Cl)C=CC1. The zero-order valence-electron chi connectivity index (χ0n) is 58.7. The van der Waals surface area contributed by atoms with E-state index in [1.807, 2.05) is 6.92 Å². The molecule has 0 saturated heterocycles. The van der Waals surface area contributed by atoms with Crippen molar-refractivity contribution in [3.05, 3.63) is 332 Å². The van der Waals surface area contributed by atoms with Crippen LogP contribution in [-0.2, 0) is 43.9 Å². The number of alkyl halides is 12. The number of hydrogen-bond donors (Lipinski definition) is 4. The van der Waals surface area contributed by atoms with Gasteiger partial charge in [-0.15, -0.1) is 0 Å². The number of aryl methyl sites for hydroxylation is 2. The summed E-state index contributed by atoms with van der Waals surface area (Å²) < 4.78 is 220. The summed E-state index contributed by atoms with van der Waals surface area (Å²) in [6.45, 7) is 3.66. The van der Waals surface area contributed by atoms with Gasteiger partial charge < -0.3 is 40.2 Å². The summed E-state index contributed by atoms with van der Waals surface area (Å²) in [4.78, 5) is 96.2. The molecule has 4 aliphatic carbocycles. The van der Waals surface area contributed by atoms with E-state index >= 15 is 0 Å². The van der Waals surface area contributed by atoms with E-state index in [0.717, 1.165) is 102 Å². The highest BCUT2D eigenvalue weighted by Gasteiger charge is 2.37. The number of rotatable bonds is 16. The Morgan fingerprint density at radius 1 is 0.351 bits per heavy atom. The van der Waals surface area contributed by atoms with Crippen molar-refractivity contribution in [3.8, 4) is 46.0 Å². The third-order valence-corrected chi connectivity index (χ3v) is 16.1. The Bertz CT molecular complexity index is 5340. The molecule has 4 N–H and O–H groups in total. The molecule has 4 amide bonds. The summed E-state index contributed by atoms with van der Waals surface area (Å²) in [5.74, 6) is -8.28. The van der Waals surface area contributed by atoms with Crippen molar-refractivity contribution < 1.29 is 123 Å². The van der Waals surface area contributed by atoms with Gasteiger partial charge in [0.05, 0.1) is 49.5 Å². The summed E-state index contributed by atoms with van der Waals surface area (Å²) in [5.41, 5.74) is -3.44. The molecular weight excluding hydrogens is 1550 g/mol. The highest BCUT2D eigenvalue weighted by molar-refractivity contribution is 6.32. The van der Waals surface area contributed by atoms with Crippen LogP contribution in [-0.4, -0.2) is 46.8 Å². The molecule has 16 nitrogen and oxygen atoms in total. The quantitative estimate of drug-likeness (QED) is 0.0664. The number of ketones is 4. The van der Waals surface area contributed by atoms with Gasteiger partial charge >= 0.3 is 24.7 Å². The van der Waals surface area contributed by atoms with E-state index in [0.29, 0.717) is 29.7 Å². The van der Waals surface area contributed by atoms with Crippen molar-refractivity contribution in [2.75, 3.05) is 0 Å². The number of amides is 4. The predicted octanol–water partition coefficient (Wildman–Crippen LogP) is 20.2. The summed E-state index contributed by atoms with van der Waals surface area (Å²) in [6.07, 6.45) is -1.20. The van der Waals surface area contributed by atoms with Crippen molar-refractivity contribution in [2.24, 2.45) is 0 Å². The van der Waals surface area contributed by atoms with Gasteiger partial charge in [-0.3, -0.25) is 38.4 Å². The van der Waals surface area contributed by atoms with Crippen molar-refractivity contribution in [1.29, 1.82) is 0 Å². The molecule has 8 aromatic carbocycles. The molecule has 0 spiro atoms. The zero-order valence-corrected chi connectivity index (χ0v) is 59.5. The molecule has 114 heavy (non-hydrogen) atoms. The van der Waals surface area contributed by atoms with Gasteiger partial charge in [0.1, 0.15) is 46.1 Å². The van der Waals surface area contributed by atoms with E-state index in [2.05, 4.69) is 21.3 Å². The van der Waals surface area contributed by atoms with Crippen LogP contribution in [0.1, 0.15) is 100 Å². The third-order valence-electron chi connectivity index (χ3n) is 15.8. The molecule has 0 atom stereocenters. The highest BCUT2D eigenvalue weighted by Crippen LogP contribution is 2.41. The Morgan fingerprint density at radius 3 is 0.991 bits per heavy atom. The van der Waals surface area contributed by atoms with Crippen molar-refractivity contribution >= 4 is 58.4 Å². The lowest BCUT2D eigenvalue weighted by atomic mass is 10.1. The van der Waals surface area contributed by atoms with Gasteiger partial charge in [0.2, 0.25) is 0 Å². The van der Waals surface area contributed by atoms with Crippen molar-refractivity contribution in [2.45, 2.75) is 64.2 Å². The molecule has 0 radical (unpaired) electrons. The number of carbonyl (C=O) groups excluding carboxylic acids is 8. The fourth-order valence-corrected chi connectivity index (χ4v) is 10.4. The molecule has 0 aromatic heterocycles. The summed E-state index contributed by atoms with van der Waals surface area (Å²) >= 11 is 5.89. The molecule has 0 aliphatic heterocycles. The number of benzene rings is 8. The molecule has 0 unspecified atom stereocenters. The Balaban J connectivity index is 0.000000174. The van der Waals surface area contributed by atoms with E-state index in [4.69, 9.17) is 30.5 Å². The summed E-state index contributed by atoms with van der Waals surface area (Å²) in [7, 11) is 0. The number of ether oxygens (including phenoxy) is 4. The minimum atomic E-state index is -4.77. The monoisotopic (exact) mass is 1610 g/mol. The van der Waals surface area contributed by atoms with E-state index in [9.17, 15) is 104 Å². The minimum absolute atomic E-state index is 0.0217. The maximum absolute atomic E-state index is 13.9. The largest absolute Gasteiger partial charge is 0.457 e. The van der Waals surface area contributed by atoms with E-state index in [1.165, 1.54) is 60.8 Å². The van der Waals surface area contributed by atoms with Gasteiger partial charge in [-0.05, 0) is 165 Å². The van der Waals surface area contributed by atoms with Gasteiger partial charge in [-0.2, -0.15) is 52.7 Å². The average molecular weight is 1610 g/mol. The molecule has 8 aromatic rings. The van der Waals surface area contributed by atoms with Gasteiger partial charge in [0.25, 0.3) is 23.6 Å². The highest BCUT2D eigenvalue weighted by atomic mass is 35.5. The number of carbonyl (C=O) groups is 8. The second-order valence-corrected chi connectivity index (χ2v) is 24.9. The van der Waals surface area contributed by atoms with Crippen LogP contribution in [0.15, 0.2) is 253 Å².